The van der Waals surface area contributed by atoms with Gasteiger partial charge in [-0.05, 0) is 19.1 Å². The average Bonchev–Trinajstić information content (AvgIpc) is 2.18. The van der Waals surface area contributed by atoms with Gasteiger partial charge in [0.05, 0.1) is 6.10 Å². The van der Waals surface area contributed by atoms with Crippen molar-refractivity contribution in [2.75, 3.05) is 0 Å². The Morgan fingerprint density at radius 3 is 2.18 bits per heavy atom. The number of phenols is 2. The van der Waals surface area contributed by atoms with Crippen LogP contribution < -0.4 is 5.73 Å². The molecule has 0 spiro atoms. The average molecular weight is 251 g/mol. The van der Waals surface area contributed by atoms with Gasteiger partial charge in [0.15, 0.2) is 0 Å². The molecule has 0 saturated carbocycles. The van der Waals surface area contributed by atoms with Crippen molar-refractivity contribution in [1.82, 2.24) is 0 Å². The molecule has 1 aromatic rings. The molecule has 1 aromatic carbocycles. The highest BCUT2D eigenvalue weighted by Gasteiger charge is 2.36. The predicted octanol–water partition coefficient (Wildman–Crippen LogP) is 1.50. The molecule has 0 aliphatic carbocycles. The van der Waals surface area contributed by atoms with E-state index in [1.165, 1.54) is 6.92 Å². The molecule has 2 unspecified atom stereocenters. The number of rotatable bonds is 2. The van der Waals surface area contributed by atoms with Gasteiger partial charge in [-0.1, -0.05) is 0 Å². The molecular formula is C10H12F3NO3. The number of benzene rings is 1. The summed E-state index contributed by atoms with van der Waals surface area (Å²) in [6, 6.07) is 0.342. The van der Waals surface area contributed by atoms with Gasteiger partial charge in [-0.3, -0.25) is 0 Å². The lowest BCUT2D eigenvalue weighted by molar-refractivity contribution is -0.139. The van der Waals surface area contributed by atoms with Gasteiger partial charge in [0.25, 0.3) is 0 Å². The van der Waals surface area contributed by atoms with Crippen molar-refractivity contribution in [3.63, 3.8) is 0 Å². The van der Waals surface area contributed by atoms with Crippen LogP contribution in [-0.4, -0.2) is 21.4 Å². The maximum absolute atomic E-state index is 12.5. The second kappa shape index (κ2) is 4.42. The van der Waals surface area contributed by atoms with E-state index in [0.717, 1.165) is 6.07 Å². The predicted molar refractivity (Wildman–Crippen MR) is 53.4 cm³/mol. The zero-order valence-electron chi connectivity index (χ0n) is 8.86. The smallest absolute Gasteiger partial charge is 0.420 e. The number of alkyl halides is 3. The van der Waals surface area contributed by atoms with Crippen molar-refractivity contribution in [3.05, 3.63) is 23.3 Å². The molecule has 0 aliphatic rings. The summed E-state index contributed by atoms with van der Waals surface area (Å²) in [6.45, 7) is 1.36. The zero-order chi connectivity index (χ0) is 13.4. The Balaban J connectivity index is 3.39. The minimum atomic E-state index is -4.82. The molecule has 0 heterocycles. The number of phenolic OH excluding ortho intramolecular Hbond substituents is 2. The van der Waals surface area contributed by atoms with Crippen LogP contribution >= 0.6 is 0 Å². The van der Waals surface area contributed by atoms with Crippen LogP contribution in [0, 0.1) is 0 Å². The second-order valence-electron chi connectivity index (χ2n) is 3.73. The number of hydrogen-bond acceptors (Lipinski definition) is 4. The van der Waals surface area contributed by atoms with Crippen LogP contribution in [0.5, 0.6) is 11.5 Å². The lowest BCUT2D eigenvalue weighted by Gasteiger charge is -2.19. The maximum atomic E-state index is 12.5. The molecule has 0 amide bonds. The van der Waals surface area contributed by atoms with Crippen LogP contribution in [0.3, 0.4) is 0 Å². The SMILES string of the molecule is CC(N)C(O)c1cc(O)cc(C(F)(F)F)c1O. The number of halogens is 3. The number of hydrogen-bond donors (Lipinski definition) is 4. The summed E-state index contributed by atoms with van der Waals surface area (Å²) >= 11 is 0. The van der Waals surface area contributed by atoms with Gasteiger partial charge in [-0.15, -0.1) is 0 Å². The van der Waals surface area contributed by atoms with E-state index in [1.54, 1.807) is 0 Å². The molecule has 1 rings (SSSR count). The van der Waals surface area contributed by atoms with Gasteiger partial charge in [-0.25, -0.2) is 0 Å². The highest BCUT2D eigenvalue weighted by molar-refractivity contribution is 5.48. The van der Waals surface area contributed by atoms with Crippen molar-refractivity contribution in [2.24, 2.45) is 5.73 Å². The van der Waals surface area contributed by atoms with Gasteiger partial charge < -0.3 is 21.1 Å². The van der Waals surface area contributed by atoms with Gasteiger partial charge in [0, 0.05) is 11.6 Å². The third-order valence-corrected chi connectivity index (χ3v) is 2.25. The Morgan fingerprint density at radius 2 is 1.76 bits per heavy atom. The van der Waals surface area contributed by atoms with Crippen molar-refractivity contribution in [2.45, 2.75) is 25.2 Å². The highest BCUT2D eigenvalue weighted by atomic mass is 19.4. The van der Waals surface area contributed by atoms with Crippen LogP contribution in [0.1, 0.15) is 24.2 Å². The second-order valence-corrected chi connectivity index (χ2v) is 3.73. The topological polar surface area (TPSA) is 86.7 Å². The lowest BCUT2D eigenvalue weighted by atomic mass is 9.99. The Hall–Kier alpha value is -1.47. The first-order valence-corrected chi connectivity index (χ1v) is 4.71. The Bertz CT molecular complexity index is 418. The fraction of sp³-hybridized carbons (Fsp3) is 0.400. The minimum absolute atomic E-state index is 0.382. The van der Waals surface area contributed by atoms with Gasteiger partial charge in [0.1, 0.15) is 17.1 Å². The van der Waals surface area contributed by atoms with E-state index in [1.807, 2.05) is 0 Å². The number of aliphatic hydroxyl groups is 1. The molecule has 0 fully saturated rings. The number of nitrogens with two attached hydrogens (primary N) is 1. The van der Waals surface area contributed by atoms with Crippen LogP contribution in [0.15, 0.2) is 12.1 Å². The largest absolute Gasteiger partial charge is 0.508 e. The van der Waals surface area contributed by atoms with Crippen LogP contribution in [0.25, 0.3) is 0 Å². The van der Waals surface area contributed by atoms with Gasteiger partial charge in [-0.2, -0.15) is 13.2 Å². The summed E-state index contributed by atoms with van der Waals surface area (Å²) < 4.78 is 37.5. The molecule has 4 nitrogen and oxygen atoms in total. The summed E-state index contributed by atoms with van der Waals surface area (Å²) in [4.78, 5) is 0. The fourth-order valence-corrected chi connectivity index (χ4v) is 1.37. The molecular weight excluding hydrogens is 239 g/mol. The first-order chi connectivity index (χ1) is 7.64. The summed E-state index contributed by atoms with van der Waals surface area (Å²) in [5.74, 6) is -1.83. The highest BCUT2D eigenvalue weighted by Crippen LogP contribution is 2.42. The summed E-state index contributed by atoms with van der Waals surface area (Å²) in [5.41, 5.74) is 3.46. The van der Waals surface area contributed by atoms with E-state index >= 15 is 0 Å². The third-order valence-electron chi connectivity index (χ3n) is 2.25. The molecule has 96 valence electrons. The zero-order valence-corrected chi connectivity index (χ0v) is 8.86. The normalized spacial score (nSPS) is 15.6. The first-order valence-electron chi connectivity index (χ1n) is 4.71. The van der Waals surface area contributed by atoms with Crippen LogP contribution in [-0.2, 0) is 6.18 Å². The van der Waals surface area contributed by atoms with Gasteiger partial charge in [0.2, 0.25) is 0 Å². The lowest BCUT2D eigenvalue weighted by Crippen LogP contribution is -2.24. The quantitative estimate of drug-likeness (QED) is 0.600. The molecule has 2 atom stereocenters. The van der Waals surface area contributed by atoms with E-state index in [-0.39, 0.29) is 0 Å². The molecule has 17 heavy (non-hydrogen) atoms. The number of aliphatic hydroxyl groups excluding tert-OH is 1. The molecule has 0 radical (unpaired) electrons. The summed E-state index contributed by atoms with van der Waals surface area (Å²) in [6.07, 6.45) is -6.32. The Labute approximate surface area is 95.1 Å². The van der Waals surface area contributed by atoms with Crippen molar-refractivity contribution < 1.29 is 28.5 Å². The van der Waals surface area contributed by atoms with Crippen molar-refractivity contribution in [1.29, 1.82) is 0 Å². The maximum Gasteiger partial charge on any atom is 0.420 e. The molecule has 0 aromatic heterocycles. The monoisotopic (exact) mass is 251 g/mol. The van der Waals surface area contributed by atoms with Crippen molar-refractivity contribution in [3.8, 4) is 11.5 Å². The molecule has 5 N–H and O–H groups in total. The number of aromatic hydroxyl groups is 2. The Morgan fingerprint density at radius 1 is 1.24 bits per heavy atom. The van der Waals surface area contributed by atoms with E-state index in [9.17, 15) is 23.4 Å². The third kappa shape index (κ3) is 2.80. The van der Waals surface area contributed by atoms with Crippen LogP contribution in [0.4, 0.5) is 13.2 Å². The molecule has 0 saturated heterocycles. The van der Waals surface area contributed by atoms with Crippen molar-refractivity contribution >= 4 is 0 Å². The van der Waals surface area contributed by atoms with E-state index in [2.05, 4.69) is 0 Å². The van der Waals surface area contributed by atoms with E-state index in [0.29, 0.717) is 6.07 Å². The molecule has 0 aliphatic heterocycles. The fourth-order valence-electron chi connectivity index (χ4n) is 1.37. The standard InChI is InChI=1S/C10H12F3NO3/c1-4(14)8(16)6-2-5(15)3-7(9(6)17)10(11,12)13/h2-4,8,15-17H,14H2,1H3. The summed E-state index contributed by atoms with van der Waals surface area (Å²) in [5, 5.41) is 28.1. The van der Waals surface area contributed by atoms with Crippen LogP contribution in [0.2, 0.25) is 0 Å². The minimum Gasteiger partial charge on any atom is -0.508 e. The van der Waals surface area contributed by atoms with E-state index < -0.39 is 40.9 Å². The van der Waals surface area contributed by atoms with Gasteiger partial charge >= 0.3 is 6.18 Å². The molecule has 0 bridgehead atoms. The summed E-state index contributed by atoms with van der Waals surface area (Å²) in [7, 11) is 0. The molecule has 7 heteroatoms. The Kier molecular flexibility index (Phi) is 3.53. The van der Waals surface area contributed by atoms with E-state index in [4.69, 9.17) is 10.8 Å². The first kappa shape index (κ1) is 13.6.